The van der Waals surface area contributed by atoms with Gasteiger partial charge in [-0.3, -0.25) is 0 Å². The molecule has 78 valence electrons. The average molecular weight is 202 g/mol. The van der Waals surface area contributed by atoms with E-state index in [1.165, 1.54) is 12.2 Å². The van der Waals surface area contributed by atoms with Gasteiger partial charge in [0.2, 0.25) is 0 Å². The Labute approximate surface area is 86.2 Å². The molecule has 0 aromatic heterocycles. The fourth-order valence-corrected chi connectivity index (χ4v) is 2.34. The molecular weight excluding hydrogens is 180 g/mol. The summed E-state index contributed by atoms with van der Waals surface area (Å²) in [6, 6.07) is 0.794. The van der Waals surface area contributed by atoms with Gasteiger partial charge in [-0.05, 0) is 24.6 Å². The van der Waals surface area contributed by atoms with E-state index in [0.29, 0.717) is 5.37 Å². The molecule has 3 atom stereocenters. The number of likely N-dealkylation sites (N-methyl/N-ethyl adjacent to an activating group) is 1. The van der Waals surface area contributed by atoms with Crippen LogP contribution in [0.3, 0.4) is 0 Å². The van der Waals surface area contributed by atoms with E-state index in [0.717, 1.165) is 25.0 Å². The predicted octanol–water partition coefficient (Wildman–Crippen LogP) is 1.67. The molecule has 0 spiro atoms. The van der Waals surface area contributed by atoms with Crippen LogP contribution in [0.1, 0.15) is 27.2 Å². The summed E-state index contributed by atoms with van der Waals surface area (Å²) in [6.45, 7) is 8.87. The second-order valence-corrected chi connectivity index (χ2v) is 5.22. The van der Waals surface area contributed by atoms with Crippen LogP contribution in [0, 0.1) is 5.92 Å². The number of thioether (sulfide) groups is 1. The lowest BCUT2D eigenvalue weighted by molar-refractivity contribution is 0.573. The van der Waals surface area contributed by atoms with Crippen LogP contribution >= 0.6 is 11.8 Å². The van der Waals surface area contributed by atoms with Crippen LogP contribution in [0.2, 0.25) is 0 Å². The van der Waals surface area contributed by atoms with Gasteiger partial charge in [0.25, 0.3) is 0 Å². The normalized spacial score (nSPS) is 28.8. The van der Waals surface area contributed by atoms with E-state index in [1.807, 2.05) is 11.8 Å². The molecule has 1 aliphatic carbocycles. The maximum atomic E-state index is 3.68. The minimum absolute atomic E-state index is 0.611. The summed E-state index contributed by atoms with van der Waals surface area (Å²) < 4.78 is 0. The topological polar surface area (TPSA) is 24.1 Å². The van der Waals surface area contributed by atoms with Crippen LogP contribution in [0.5, 0.6) is 0 Å². The molecule has 2 N–H and O–H groups in total. The zero-order valence-corrected chi connectivity index (χ0v) is 9.79. The van der Waals surface area contributed by atoms with Crippen molar-refractivity contribution in [2.24, 2.45) is 5.92 Å². The molecule has 0 radical (unpaired) electrons. The molecule has 2 nitrogen and oxygen atoms in total. The highest BCUT2D eigenvalue weighted by atomic mass is 32.2. The third-order valence-electron chi connectivity index (χ3n) is 2.46. The highest BCUT2D eigenvalue weighted by molar-refractivity contribution is 7.99. The molecule has 0 aliphatic heterocycles. The summed E-state index contributed by atoms with van der Waals surface area (Å²) in [5.74, 6) is 2.10. The Kier molecular flexibility index (Phi) is 5.14. The second-order valence-electron chi connectivity index (χ2n) is 3.74. The smallest absolute Gasteiger partial charge is 0.0660 e. The molecule has 3 heteroatoms. The average Bonchev–Trinajstić information content (AvgIpc) is 2.78. The fourth-order valence-electron chi connectivity index (χ4n) is 1.44. The molecule has 1 rings (SSSR count). The van der Waals surface area contributed by atoms with Crippen LogP contribution in [-0.4, -0.2) is 30.3 Å². The molecule has 1 fully saturated rings. The number of hydrogen-bond donors (Lipinski definition) is 2. The lowest BCUT2D eigenvalue weighted by atomic mass is 10.4. The van der Waals surface area contributed by atoms with Crippen molar-refractivity contribution in [1.29, 1.82) is 0 Å². The van der Waals surface area contributed by atoms with E-state index < -0.39 is 0 Å². The molecule has 0 aromatic carbocycles. The summed E-state index contributed by atoms with van der Waals surface area (Å²) >= 11 is 2.01. The van der Waals surface area contributed by atoms with Crippen molar-refractivity contribution in [3.63, 3.8) is 0 Å². The highest BCUT2D eigenvalue weighted by Crippen LogP contribution is 2.30. The van der Waals surface area contributed by atoms with E-state index in [4.69, 9.17) is 0 Å². The Morgan fingerprint density at radius 3 is 2.62 bits per heavy atom. The minimum atomic E-state index is 0.611. The van der Waals surface area contributed by atoms with Crippen molar-refractivity contribution in [3.05, 3.63) is 0 Å². The summed E-state index contributed by atoms with van der Waals surface area (Å²) in [7, 11) is 0. The number of rotatable bonds is 7. The lowest BCUT2D eigenvalue weighted by Crippen LogP contribution is -2.38. The van der Waals surface area contributed by atoms with Crippen LogP contribution in [-0.2, 0) is 0 Å². The molecule has 1 aliphatic rings. The van der Waals surface area contributed by atoms with Crippen molar-refractivity contribution in [2.75, 3.05) is 18.8 Å². The van der Waals surface area contributed by atoms with Crippen LogP contribution < -0.4 is 10.6 Å². The first kappa shape index (κ1) is 11.3. The van der Waals surface area contributed by atoms with Gasteiger partial charge >= 0.3 is 0 Å². The van der Waals surface area contributed by atoms with Gasteiger partial charge in [0.1, 0.15) is 0 Å². The highest BCUT2D eigenvalue weighted by Gasteiger charge is 2.33. The Morgan fingerprint density at radius 1 is 1.46 bits per heavy atom. The van der Waals surface area contributed by atoms with Gasteiger partial charge in [-0.25, -0.2) is 0 Å². The lowest BCUT2D eigenvalue weighted by Gasteiger charge is -2.17. The molecule has 0 amide bonds. The van der Waals surface area contributed by atoms with E-state index in [9.17, 15) is 0 Å². The van der Waals surface area contributed by atoms with Gasteiger partial charge < -0.3 is 10.6 Å². The zero-order chi connectivity index (χ0) is 9.68. The van der Waals surface area contributed by atoms with E-state index >= 15 is 0 Å². The van der Waals surface area contributed by atoms with Gasteiger partial charge in [0, 0.05) is 12.6 Å². The van der Waals surface area contributed by atoms with Crippen molar-refractivity contribution in [3.8, 4) is 0 Å². The molecule has 0 bridgehead atoms. The Morgan fingerprint density at radius 2 is 2.15 bits per heavy atom. The maximum absolute atomic E-state index is 3.68. The fraction of sp³-hybridized carbons (Fsp3) is 1.00. The van der Waals surface area contributed by atoms with Crippen molar-refractivity contribution < 1.29 is 0 Å². The standard InChI is InChI=1S/C10H22N2S/c1-4-11-7-10(13-5-2)12-9-6-8(9)3/h8-12H,4-7H2,1-3H3. The summed E-state index contributed by atoms with van der Waals surface area (Å²) in [4.78, 5) is 0. The Hall–Kier alpha value is 0.270. The summed E-state index contributed by atoms with van der Waals surface area (Å²) in [6.07, 6.45) is 1.37. The van der Waals surface area contributed by atoms with Crippen molar-refractivity contribution in [1.82, 2.24) is 10.6 Å². The molecule has 3 unspecified atom stereocenters. The predicted molar refractivity (Wildman–Crippen MR) is 61.2 cm³/mol. The first-order chi connectivity index (χ1) is 6.27. The van der Waals surface area contributed by atoms with E-state index in [1.54, 1.807) is 0 Å². The number of hydrogen-bond acceptors (Lipinski definition) is 3. The third-order valence-corrected chi connectivity index (χ3v) is 3.50. The third kappa shape index (κ3) is 4.34. The second kappa shape index (κ2) is 5.89. The summed E-state index contributed by atoms with van der Waals surface area (Å²) in [5.41, 5.74) is 0. The molecule has 1 saturated carbocycles. The minimum Gasteiger partial charge on any atom is -0.315 e. The summed E-state index contributed by atoms with van der Waals surface area (Å²) in [5, 5.41) is 7.69. The van der Waals surface area contributed by atoms with Crippen LogP contribution in [0.25, 0.3) is 0 Å². The maximum Gasteiger partial charge on any atom is 0.0660 e. The van der Waals surface area contributed by atoms with Gasteiger partial charge in [0.05, 0.1) is 5.37 Å². The van der Waals surface area contributed by atoms with Gasteiger partial charge in [0.15, 0.2) is 0 Å². The monoisotopic (exact) mass is 202 g/mol. The molecule has 0 aromatic rings. The molecule has 0 saturated heterocycles. The molecular formula is C10H22N2S. The van der Waals surface area contributed by atoms with E-state index in [2.05, 4.69) is 31.4 Å². The van der Waals surface area contributed by atoms with Gasteiger partial charge in [-0.15, -0.1) is 11.8 Å². The Balaban J connectivity index is 2.13. The number of nitrogens with one attached hydrogen (secondary N) is 2. The van der Waals surface area contributed by atoms with Crippen LogP contribution in [0.15, 0.2) is 0 Å². The van der Waals surface area contributed by atoms with Gasteiger partial charge in [-0.2, -0.15) is 0 Å². The molecule has 13 heavy (non-hydrogen) atoms. The van der Waals surface area contributed by atoms with E-state index in [-0.39, 0.29) is 0 Å². The van der Waals surface area contributed by atoms with Gasteiger partial charge in [-0.1, -0.05) is 20.8 Å². The largest absolute Gasteiger partial charge is 0.315 e. The quantitative estimate of drug-likeness (QED) is 0.614. The first-order valence-electron chi connectivity index (χ1n) is 5.36. The first-order valence-corrected chi connectivity index (χ1v) is 6.41. The zero-order valence-electron chi connectivity index (χ0n) is 8.97. The van der Waals surface area contributed by atoms with Crippen molar-refractivity contribution >= 4 is 11.8 Å². The SMILES string of the molecule is CCNCC(NC1CC1C)SCC. The van der Waals surface area contributed by atoms with Crippen LogP contribution in [0.4, 0.5) is 0 Å². The van der Waals surface area contributed by atoms with Crippen molar-refractivity contribution in [2.45, 2.75) is 38.6 Å². The molecule has 0 heterocycles. The Bertz CT molecular complexity index is 141.